The van der Waals surface area contributed by atoms with Crippen molar-refractivity contribution >= 4 is 28.1 Å². The molecule has 72 heavy (non-hydrogen) atoms. The van der Waals surface area contributed by atoms with Crippen LogP contribution < -0.4 is 18.3 Å². The number of hydrogen-bond donors (Lipinski definition) is 4. The van der Waals surface area contributed by atoms with Crippen molar-refractivity contribution in [1.29, 1.82) is 0 Å². The number of benzene rings is 1. The Balaban J connectivity index is 0.000000274. The number of rotatable bonds is 29. The molecular weight excluding hydrogens is 953 g/mol. The molecule has 17 heteroatoms. The summed E-state index contributed by atoms with van der Waals surface area (Å²) in [5.74, 6) is -0.703. The number of hydrogen-bond acceptors (Lipinski definition) is 9. The molecule has 5 aromatic heterocycles. The number of carbonyl (C=O) groups excluding carboxylic acids is 2. The number of unbranched alkanes of at least 4 members (excludes halogenated alkanes) is 6. The van der Waals surface area contributed by atoms with Gasteiger partial charge in [-0.25, -0.2) is 27.9 Å². The summed E-state index contributed by atoms with van der Waals surface area (Å²) in [6.07, 6.45) is 29.8. The molecule has 0 atom stereocenters. The van der Waals surface area contributed by atoms with Crippen LogP contribution in [0.15, 0.2) is 166 Å². The number of ether oxygens (including phenoxy) is 2. The molecular formula is C55H69N5O10P2+4. The van der Waals surface area contributed by atoms with Crippen LogP contribution in [0.1, 0.15) is 64.2 Å². The van der Waals surface area contributed by atoms with Gasteiger partial charge in [-0.15, -0.1) is 0 Å². The number of nitrogens with zero attached hydrogens (tertiary/aromatic N) is 5. The van der Waals surface area contributed by atoms with E-state index in [1.807, 2.05) is 64.4 Å². The third-order valence-electron chi connectivity index (χ3n) is 11.6. The van der Waals surface area contributed by atoms with Gasteiger partial charge in [-0.1, -0.05) is 43.5 Å². The van der Waals surface area contributed by atoms with Crippen LogP contribution in [0.2, 0.25) is 0 Å². The molecule has 0 amide bonds. The molecule has 0 saturated carbocycles. The van der Waals surface area contributed by atoms with Crippen LogP contribution in [0, 0.1) is 0 Å². The first-order chi connectivity index (χ1) is 34.9. The van der Waals surface area contributed by atoms with E-state index in [1.165, 1.54) is 12.2 Å². The summed E-state index contributed by atoms with van der Waals surface area (Å²) in [7, 11) is -6.22. The maximum absolute atomic E-state index is 11.0. The lowest BCUT2D eigenvalue weighted by Gasteiger charge is -2.05. The summed E-state index contributed by atoms with van der Waals surface area (Å²) in [6, 6.07) is 29.1. The van der Waals surface area contributed by atoms with Gasteiger partial charge in [0.05, 0.1) is 31.7 Å². The minimum Gasteiger partial charge on any atom is -0.463 e. The van der Waals surface area contributed by atoms with Gasteiger partial charge in [0, 0.05) is 104 Å². The van der Waals surface area contributed by atoms with Gasteiger partial charge in [0.25, 0.3) is 0 Å². The predicted octanol–water partition coefficient (Wildman–Crippen LogP) is 8.35. The first kappa shape index (κ1) is 56.8. The fraction of sp³-hybridized carbons (Fsp3) is 0.327. The molecule has 5 heterocycles. The number of esters is 2. The molecule has 0 aliphatic carbocycles. The lowest BCUT2D eigenvalue weighted by Crippen LogP contribution is -2.32. The van der Waals surface area contributed by atoms with Gasteiger partial charge >= 0.3 is 28.1 Å². The number of pyridine rings is 5. The van der Waals surface area contributed by atoms with Crippen LogP contribution >= 0.6 is 16.2 Å². The topological polar surface area (TPSA) is 188 Å². The van der Waals surface area contributed by atoms with E-state index >= 15 is 0 Å². The summed E-state index contributed by atoms with van der Waals surface area (Å²) in [6.45, 7) is 11.2. The fourth-order valence-corrected chi connectivity index (χ4v) is 8.43. The summed E-state index contributed by atoms with van der Waals surface area (Å²) in [4.78, 5) is 62.1. The van der Waals surface area contributed by atoms with Crippen molar-refractivity contribution in [2.45, 2.75) is 90.4 Å². The van der Waals surface area contributed by atoms with Gasteiger partial charge in [-0.3, -0.25) is 9.55 Å². The molecule has 0 unspecified atom stereocenters. The Labute approximate surface area is 424 Å². The van der Waals surface area contributed by atoms with Gasteiger partial charge in [0.1, 0.15) is 19.6 Å². The summed E-state index contributed by atoms with van der Waals surface area (Å²) < 4.78 is 34.1. The minimum atomic E-state index is -3.94. The lowest BCUT2D eigenvalue weighted by molar-refractivity contribution is -0.697. The van der Waals surface area contributed by atoms with Gasteiger partial charge in [0.2, 0.25) is 0 Å². The SMILES string of the molecule is C=CC(=O)OCCCCCC[n+]1ccc(-c2ccc(-c3cc[n+](CCCCCCOC(=O)C=C)cc3)nc2)cc1.O=P(O)(O)CCC[n+]1ccc(-c2ccc(-c3cc[n+](CCCOP(O)O)cc3)cc2)cc1. The fourth-order valence-electron chi connectivity index (χ4n) is 7.58. The monoisotopic (exact) mass is 1020 g/mol. The van der Waals surface area contributed by atoms with Crippen molar-refractivity contribution in [2.75, 3.05) is 26.0 Å². The Morgan fingerprint density at radius 3 is 1.24 bits per heavy atom. The van der Waals surface area contributed by atoms with E-state index in [9.17, 15) is 14.2 Å². The Hall–Kier alpha value is -6.15. The molecule has 6 rings (SSSR count). The zero-order chi connectivity index (χ0) is 51.4. The van der Waals surface area contributed by atoms with E-state index in [1.54, 1.807) is 0 Å². The van der Waals surface area contributed by atoms with Crippen LogP contribution in [0.3, 0.4) is 0 Å². The smallest absolute Gasteiger partial charge is 0.330 e. The Kier molecular flexibility index (Phi) is 24.7. The van der Waals surface area contributed by atoms with E-state index in [2.05, 4.69) is 108 Å². The van der Waals surface area contributed by atoms with E-state index < -0.39 is 16.2 Å². The lowest BCUT2D eigenvalue weighted by atomic mass is 10.0. The summed E-state index contributed by atoms with van der Waals surface area (Å²) in [5, 5.41) is 0. The number of aryl methyl sites for hydroxylation is 4. The van der Waals surface area contributed by atoms with E-state index in [4.69, 9.17) is 38.6 Å². The number of carbonyl (C=O) groups is 2. The Bertz CT molecular complexity index is 2500. The molecule has 6 aromatic rings. The molecule has 0 bridgehead atoms. The van der Waals surface area contributed by atoms with Crippen LogP contribution in [0.5, 0.6) is 0 Å². The van der Waals surface area contributed by atoms with Crippen LogP contribution in [-0.2, 0) is 54.3 Å². The molecule has 1 aromatic carbocycles. The molecule has 0 saturated heterocycles. The summed E-state index contributed by atoms with van der Waals surface area (Å²) in [5.41, 5.74) is 8.67. The third-order valence-corrected chi connectivity index (χ3v) is 12.9. The van der Waals surface area contributed by atoms with Crippen molar-refractivity contribution in [3.05, 3.63) is 166 Å². The standard InChI is InChI=1S/C33H41N3O4.C22H26N2O6P2/c1-3-32(37)39-25-11-7-5-9-19-35-21-15-28(16-22-35)30-13-14-31(34-27-30)29-17-23-36(24-18-29)20-10-6-8-12-26-40-33(38)4-2;25-31(26)30-17-1-11-23-13-7-21(8-14-23)19-3-5-20(6-4-19)22-9-15-24(16-10-22)12-2-18-32(27,28)29/h3-4,13-18,21-24,27H,1-2,5-12,19-20,25-26H2;3-10,13-16,25-26H,1-2,11-12,17-18H2/q+2;/p+2. The maximum atomic E-state index is 11.0. The van der Waals surface area contributed by atoms with E-state index in [0.717, 1.165) is 116 Å². The van der Waals surface area contributed by atoms with Gasteiger partial charge in [0.15, 0.2) is 56.1 Å². The molecule has 0 spiro atoms. The van der Waals surface area contributed by atoms with Crippen molar-refractivity contribution in [2.24, 2.45) is 0 Å². The molecule has 15 nitrogen and oxygen atoms in total. The van der Waals surface area contributed by atoms with Crippen molar-refractivity contribution in [3.63, 3.8) is 0 Å². The largest absolute Gasteiger partial charge is 0.463 e. The Morgan fingerprint density at radius 2 is 0.847 bits per heavy atom. The molecule has 0 aliphatic heterocycles. The van der Waals surface area contributed by atoms with E-state index in [-0.39, 0.29) is 18.1 Å². The third kappa shape index (κ3) is 21.7. The molecule has 4 N–H and O–H groups in total. The Morgan fingerprint density at radius 1 is 0.486 bits per heavy atom. The molecule has 0 radical (unpaired) electrons. The highest BCUT2D eigenvalue weighted by Gasteiger charge is 2.14. The predicted molar refractivity (Wildman–Crippen MR) is 276 cm³/mol. The highest BCUT2D eigenvalue weighted by Crippen LogP contribution is 2.34. The first-order valence-electron chi connectivity index (χ1n) is 24.4. The van der Waals surface area contributed by atoms with Crippen molar-refractivity contribution in [3.8, 4) is 44.6 Å². The molecule has 0 aliphatic rings. The molecule has 380 valence electrons. The van der Waals surface area contributed by atoms with Gasteiger partial charge < -0.3 is 33.6 Å². The van der Waals surface area contributed by atoms with Gasteiger partial charge in [-0.2, -0.15) is 0 Å². The number of aromatic nitrogens is 5. The second-order valence-corrected chi connectivity index (χ2v) is 19.6. The average molecular weight is 1020 g/mol. The van der Waals surface area contributed by atoms with Crippen LogP contribution in [-0.4, -0.2) is 62.5 Å². The second-order valence-electron chi connectivity index (χ2n) is 17.1. The van der Waals surface area contributed by atoms with Crippen LogP contribution in [0.25, 0.3) is 44.6 Å². The second kappa shape index (κ2) is 31.3. The van der Waals surface area contributed by atoms with Crippen molar-refractivity contribution < 1.29 is 66.0 Å². The summed E-state index contributed by atoms with van der Waals surface area (Å²) >= 11 is 0. The van der Waals surface area contributed by atoms with Crippen LogP contribution in [0.4, 0.5) is 0 Å². The highest BCUT2D eigenvalue weighted by atomic mass is 31.2. The molecule has 0 fully saturated rings. The van der Waals surface area contributed by atoms with Gasteiger partial charge in [-0.05, 0) is 72.4 Å². The quantitative estimate of drug-likeness (QED) is 0.0116. The highest BCUT2D eigenvalue weighted by molar-refractivity contribution is 7.51. The zero-order valence-electron chi connectivity index (χ0n) is 40.9. The van der Waals surface area contributed by atoms with E-state index in [0.29, 0.717) is 39.2 Å². The normalized spacial score (nSPS) is 11.1. The average Bonchev–Trinajstić information content (AvgIpc) is 3.40. The van der Waals surface area contributed by atoms with Crippen molar-refractivity contribution in [1.82, 2.24) is 4.98 Å². The minimum absolute atomic E-state index is 0.106. The zero-order valence-corrected chi connectivity index (χ0v) is 42.7. The first-order valence-corrected chi connectivity index (χ1v) is 27.3. The maximum Gasteiger partial charge on any atom is 0.330 e.